The third kappa shape index (κ3) is 15.1. The molecule has 6 aromatic rings. The third-order valence-corrected chi connectivity index (χ3v) is 16.4. The zero-order chi connectivity index (χ0) is 53.8. The molecule has 0 bridgehead atoms. The van der Waals surface area contributed by atoms with E-state index in [0.717, 1.165) is 49.4 Å². The number of halogens is 5. The Morgan fingerprint density at radius 2 is 1.39 bits per heavy atom. The van der Waals surface area contributed by atoms with Gasteiger partial charge in [0.1, 0.15) is 34.0 Å². The summed E-state index contributed by atoms with van der Waals surface area (Å²) in [7, 11) is -3.90. The zero-order valence-corrected chi connectivity index (χ0v) is 46.5. The number of unbranched alkanes of at least 4 members (excludes halogenated alkanes) is 7. The van der Waals surface area contributed by atoms with Crippen molar-refractivity contribution in [3.8, 4) is 17.2 Å². The molecule has 3 unspecified atom stereocenters. The van der Waals surface area contributed by atoms with Crippen LogP contribution in [0.4, 0.5) is 22.7 Å². The van der Waals surface area contributed by atoms with Gasteiger partial charge in [-0.15, -0.1) is 11.8 Å². The van der Waals surface area contributed by atoms with Crippen LogP contribution in [0.5, 0.6) is 17.2 Å². The first kappa shape index (κ1) is 57.1. The van der Waals surface area contributed by atoms with Crippen LogP contribution in [0.1, 0.15) is 77.2 Å². The number of hydrazine groups is 1. The van der Waals surface area contributed by atoms with Gasteiger partial charge in [-0.05, 0) is 135 Å². The van der Waals surface area contributed by atoms with Crippen LogP contribution in [0.25, 0.3) is 0 Å². The van der Waals surface area contributed by atoms with E-state index in [-0.39, 0.29) is 58.6 Å². The van der Waals surface area contributed by atoms with Gasteiger partial charge in [0.2, 0.25) is 9.84 Å². The van der Waals surface area contributed by atoms with E-state index in [0.29, 0.717) is 39.9 Å². The predicted molar refractivity (Wildman–Crippen MR) is 302 cm³/mol. The number of aliphatic imine (C=N–C) groups is 1. The summed E-state index contributed by atoms with van der Waals surface area (Å²) in [6, 6.07) is 30.8. The summed E-state index contributed by atoms with van der Waals surface area (Å²) in [5, 5.41) is 16.6. The molecule has 1 aliphatic rings. The smallest absolute Gasteiger partial charge is 0.267 e. The Morgan fingerprint density at radius 3 is 2.05 bits per heavy atom. The Bertz CT molecular complexity index is 3140. The molecule has 7 rings (SSSR count). The molecule has 20 heteroatoms. The summed E-state index contributed by atoms with van der Waals surface area (Å²) in [6.07, 6.45) is 6.77. The number of anilines is 3. The number of benzene rings is 6. The van der Waals surface area contributed by atoms with Crippen molar-refractivity contribution in [2.24, 2.45) is 4.99 Å². The van der Waals surface area contributed by atoms with Gasteiger partial charge in [-0.3, -0.25) is 19.8 Å². The van der Waals surface area contributed by atoms with Gasteiger partial charge < -0.3 is 25.2 Å². The van der Waals surface area contributed by atoms with Crippen LogP contribution in [0.2, 0.25) is 25.1 Å². The van der Waals surface area contributed by atoms with E-state index in [1.54, 1.807) is 61.5 Å². The van der Waals surface area contributed by atoms with E-state index in [1.165, 1.54) is 78.5 Å². The van der Waals surface area contributed by atoms with Crippen molar-refractivity contribution in [1.29, 1.82) is 0 Å². The number of aryl methyl sites for hydroxylation is 1. The van der Waals surface area contributed by atoms with Gasteiger partial charge in [0, 0.05) is 15.6 Å². The molecular formula is C55H54Cl5N5O8S2. The number of aromatic hydroxyl groups is 1. The number of hydrogen-bond acceptors (Lipinski definition) is 10. The molecule has 1 aliphatic heterocycles. The maximum Gasteiger partial charge on any atom is 0.267 e. The first-order valence-electron chi connectivity index (χ1n) is 24.2. The number of hydrogen-bond donors (Lipinski definition) is 4. The van der Waals surface area contributed by atoms with Crippen LogP contribution in [0.15, 0.2) is 141 Å². The van der Waals surface area contributed by atoms with E-state index in [4.69, 9.17) is 72.5 Å². The van der Waals surface area contributed by atoms with Crippen molar-refractivity contribution in [1.82, 2.24) is 5.43 Å². The van der Waals surface area contributed by atoms with E-state index in [2.05, 4.69) is 23.0 Å². The molecule has 13 nitrogen and oxygen atoms in total. The number of carbonyl (C=O) groups is 3. The fraction of sp³-hybridized carbons (Fsp3) is 0.273. The Labute approximate surface area is 466 Å². The molecule has 1 fully saturated rings. The lowest BCUT2D eigenvalue weighted by atomic mass is 10.1. The van der Waals surface area contributed by atoms with Crippen molar-refractivity contribution < 1.29 is 37.4 Å². The fourth-order valence-corrected chi connectivity index (χ4v) is 11.7. The quantitative estimate of drug-likeness (QED) is 0.0452. The average Bonchev–Trinajstić information content (AvgIpc) is 3.67. The molecule has 0 aliphatic carbocycles. The number of phenols is 1. The first-order chi connectivity index (χ1) is 35.9. The molecule has 0 saturated carbocycles. The highest BCUT2D eigenvalue weighted by atomic mass is 35.5. The number of phenolic OH excluding ortho intramolecular Hbond substituents is 1. The Morgan fingerprint density at radius 1 is 0.747 bits per heavy atom. The number of amides is 3. The van der Waals surface area contributed by atoms with Gasteiger partial charge in [-0.25, -0.2) is 18.4 Å². The van der Waals surface area contributed by atoms with Gasteiger partial charge in [0.15, 0.2) is 12.2 Å². The monoisotopic (exact) mass is 1150 g/mol. The number of rotatable bonds is 23. The van der Waals surface area contributed by atoms with Crippen LogP contribution < -0.4 is 30.5 Å². The topological polar surface area (TPSA) is 176 Å². The van der Waals surface area contributed by atoms with Crippen molar-refractivity contribution in [2.45, 2.75) is 111 Å². The molecule has 0 aromatic heterocycles. The van der Waals surface area contributed by atoms with Crippen molar-refractivity contribution >= 4 is 126 Å². The molecule has 6 aromatic carbocycles. The summed E-state index contributed by atoms with van der Waals surface area (Å²) >= 11 is 33.9. The zero-order valence-electron chi connectivity index (χ0n) is 41.0. The number of sulfone groups is 1. The number of thioether (sulfide) groups is 1. The Kier molecular flexibility index (Phi) is 20.1. The number of nitrogens with zero attached hydrogens (tertiary/aromatic N) is 2. The number of amidine groups is 1. The van der Waals surface area contributed by atoms with Crippen LogP contribution in [0.3, 0.4) is 0 Å². The lowest BCUT2D eigenvalue weighted by Crippen LogP contribution is -2.36. The van der Waals surface area contributed by atoms with E-state index < -0.39 is 45.0 Å². The van der Waals surface area contributed by atoms with Gasteiger partial charge in [0.25, 0.3) is 17.7 Å². The Balaban J connectivity index is 1.14. The lowest BCUT2D eigenvalue weighted by Gasteiger charge is -2.20. The summed E-state index contributed by atoms with van der Waals surface area (Å²) < 4.78 is 38.9. The molecule has 3 amide bonds. The molecule has 4 N–H and O–H groups in total. The lowest BCUT2D eigenvalue weighted by molar-refractivity contribution is -0.123. The van der Waals surface area contributed by atoms with Crippen molar-refractivity contribution in [3.63, 3.8) is 0 Å². The molecule has 3 atom stereocenters. The molecular weight excluding hydrogens is 1100 g/mol. The second-order valence-electron chi connectivity index (χ2n) is 17.7. The van der Waals surface area contributed by atoms with E-state index >= 15 is 0 Å². The Hall–Kier alpha value is -5.65. The number of ether oxygens (including phenoxy) is 2. The van der Waals surface area contributed by atoms with E-state index in [9.17, 15) is 27.9 Å². The third-order valence-electron chi connectivity index (χ3n) is 11.9. The number of para-hydroxylation sites is 1. The van der Waals surface area contributed by atoms with Gasteiger partial charge in [-0.1, -0.05) is 128 Å². The summed E-state index contributed by atoms with van der Waals surface area (Å²) in [4.78, 5) is 47.8. The maximum absolute atomic E-state index is 14.6. The summed E-state index contributed by atoms with van der Waals surface area (Å²) in [6.45, 7) is 5.66. The number of carbonyl (C=O) groups excluding carboxylic acids is 3. The molecule has 1 saturated heterocycles. The second kappa shape index (κ2) is 26.4. The van der Waals surface area contributed by atoms with Gasteiger partial charge in [0.05, 0.1) is 41.3 Å². The van der Waals surface area contributed by atoms with Gasteiger partial charge in [-0.2, -0.15) is 0 Å². The minimum absolute atomic E-state index is 0.0119. The minimum atomic E-state index is -3.90. The SMILES string of the molecule is CCCCCCCCCCC(Oc1ccc(S(=O)(=O)c2ccc(O)cc2)cc1)C(=O)Nc1ccc(Cl)c(N=C2NN(c3c(Cl)cc(Cl)cc3Cl)C(=O)C2Sc2ccccc2NC(=O)C(C)Oc2ccc(C)cc2Cl)c1. The molecule has 0 spiro atoms. The molecule has 75 heavy (non-hydrogen) atoms. The highest BCUT2D eigenvalue weighted by Crippen LogP contribution is 2.42. The highest BCUT2D eigenvalue weighted by Gasteiger charge is 2.41. The van der Waals surface area contributed by atoms with Crippen LogP contribution >= 0.6 is 69.8 Å². The maximum atomic E-state index is 14.6. The number of nitrogens with one attached hydrogen (secondary N) is 3. The second-order valence-corrected chi connectivity index (χ2v) is 22.8. The van der Waals surface area contributed by atoms with Gasteiger partial charge >= 0.3 is 0 Å². The summed E-state index contributed by atoms with van der Waals surface area (Å²) in [5.41, 5.74) is 4.99. The van der Waals surface area contributed by atoms with E-state index in [1.807, 2.05) is 13.0 Å². The minimum Gasteiger partial charge on any atom is -0.508 e. The highest BCUT2D eigenvalue weighted by molar-refractivity contribution is 8.01. The average molecular weight is 1150 g/mol. The molecule has 1 heterocycles. The molecule has 394 valence electrons. The predicted octanol–water partition coefficient (Wildman–Crippen LogP) is 14.9. The van der Waals surface area contributed by atoms with Crippen molar-refractivity contribution in [2.75, 3.05) is 15.6 Å². The van der Waals surface area contributed by atoms with Crippen LogP contribution in [0, 0.1) is 6.92 Å². The molecule has 0 radical (unpaired) electrons. The fourth-order valence-electron chi connectivity index (χ4n) is 7.90. The summed E-state index contributed by atoms with van der Waals surface area (Å²) in [5.74, 6) is -0.796. The normalized spacial score (nSPS) is 14.8. The first-order valence-corrected chi connectivity index (χ1v) is 28.4. The van der Waals surface area contributed by atoms with Crippen LogP contribution in [-0.4, -0.2) is 54.5 Å². The van der Waals surface area contributed by atoms with Crippen LogP contribution in [-0.2, 0) is 24.2 Å². The van der Waals surface area contributed by atoms with Crippen molar-refractivity contribution in [3.05, 3.63) is 152 Å². The standard InChI is InChI=1S/C55H54Cl5N5O8S2/c1-4-5-6-7-8-9-10-11-15-48(73-38-21-25-40(26-22-38)75(70,71)39-23-19-37(66)20-24-39)54(68)61-36-18-27-41(57)46(32-36)62-52-51(55(69)65(64-52)50-43(59)30-35(56)31-44(50)60)74-49-16-13-12-14-45(49)63-53(67)34(3)72-47-28-17-33(2)29-42(47)58/h12-14,16-32,34,48,51,66H,4-11,15H2,1-3H3,(H,61,68)(H,62,64)(H,63,67). The largest absolute Gasteiger partial charge is 0.508 e.